The Kier molecular flexibility index (Phi) is 4.18. The van der Waals surface area contributed by atoms with E-state index in [1.807, 2.05) is 24.3 Å². The van der Waals surface area contributed by atoms with Gasteiger partial charge in [-0.3, -0.25) is 0 Å². The van der Waals surface area contributed by atoms with Gasteiger partial charge in [-0.2, -0.15) is 0 Å². The first-order chi connectivity index (χ1) is 20.8. The van der Waals surface area contributed by atoms with Gasteiger partial charge in [0, 0.05) is 27.3 Å². The van der Waals surface area contributed by atoms with Crippen LogP contribution in [0.5, 0.6) is 0 Å². The topological polar surface area (TPSA) is 39.2 Å². The molecule has 0 bridgehead atoms. The van der Waals surface area contributed by atoms with E-state index in [0.717, 1.165) is 49.6 Å². The van der Waals surface area contributed by atoms with Gasteiger partial charge in [0.2, 0.25) is 5.89 Å². The predicted molar refractivity (Wildman–Crippen MR) is 172 cm³/mol. The van der Waals surface area contributed by atoms with Gasteiger partial charge in [0.1, 0.15) is 16.7 Å². The van der Waals surface area contributed by atoms with Crippen LogP contribution in [0.15, 0.2) is 136 Å². The van der Waals surface area contributed by atoms with E-state index < -0.39 is 0 Å². The van der Waals surface area contributed by atoms with Crippen molar-refractivity contribution >= 4 is 54.6 Å². The molecule has 0 aliphatic heterocycles. The van der Waals surface area contributed by atoms with Crippen molar-refractivity contribution < 1.29 is 8.83 Å². The number of furan rings is 1. The SMILES string of the molecule is c1cc(-c2nc3ccc4ccccc4c3o2)cc(-c2ccc3c4c(cccc24)-c2ccc4oc5ccccc5c4c2-3)c1. The Morgan fingerprint density at radius 3 is 2.21 bits per heavy atom. The molecule has 0 spiro atoms. The van der Waals surface area contributed by atoms with Gasteiger partial charge in [-0.1, -0.05) is 91.0 Å². The summed E-state index contributed by atoms with van der Waals surface area (Å²) in [5.74, 6) is 0.635. The van der Waals surface area contributed by atoms with E-state index in [4.69, 9.17) is 13.8 Å². The predicted octanol–water partition coefficient (Wildman–Crippen LogP) is 11.0. The van der Waals surface area contributed by atoms with Crippen LogP contribution in [0.4, 0.5) is 0 Å². The number of benzene rings is 7. The highest BCUT2D eigenvalue weighted by atomic mass is 16.3. The van der Waals surface area contributed by atoms with E-state index in [1.165, 1.54) is 44.0 Å². The number of rotatable bonds is 2. The highest BCUT2D eigenvalue weighted by Crippen LogP contribution is 2.53. The van der Waals surface area contributed by atoms with Crippen LogP contribution in [-0.2, 0) is 0 Å². The average molecular weight is 536 g/mol. The van der Waals surface area contributed by atoms with Crippen LogP contribution in [0.25, 0.3) is 99.4 Å². The molecule has 2 aromatic heterocycles. The lowest BCUT2D eigenvalue weighted by Gasteiger charge is -2.10. The fourth-order valence-corrected chi connectivity index (χ4v) is 7.01. The molecule has 0 atom stereocenters. The maximum Gasteiger partial charge on any atom is 0.227 e. The smallest absolute Gasteiger partial charge is 0.227 e. The highest BCUT2D eigenvalue weighted by Gasteiger charge is 2.27. The third-order valence-corrected chi connectivity index (χ3v) is 8.84. The third kappa shape index (κ3) is 2.87. The Hall–Kier alpha value is -5.67. The van der Waals surface area contributed by atoms with Gasteiger partial charge < -0.3 is 8.83 Å². The molecule has 0 radical (unpaired) electrons. The minimum absolute atomic E-state index is 0.635. The molecule has 7 aromatic carbocycles. The van der Waals surface area contributed by atoms with Gasteiger partial charge in [0.25, 0.3) is 0 Å². The second-order valence-corrected chi connectivity index (χ2v) is 11.1. The lowest BCUT2D eigenvalue weighted by Crippen LogP contribution is -1.85. The Labute approximate surface area is 240 Å². The van der Waals surface area contributed by atoms with Crippen molar-refractivity contribution in [3.8, 4) is 44.8 Å². The van der Waals surface area contributed by atoms with Crippen molar-refractivity contribution in [1.82, 2.24) is 4.98 Å². The van der Waals surface area contributed by atoms with Crippen LogP contribution in [0.1, 0.15) is 0 Å². The third-order valence-electron chi connectivity index (χ3n) is 8.84. The van der Waals surface area contributed by atoms with Gasteiger partial charge in [-0.25, -0.2) is 4.98 Å². The van der Waals surface area contributed by atoms with Crippen molar-refractivity contribution in [1.29, 1.82) is 0 Å². The molecule has 3 nitrogen and oxygen atoms in total. The van der Waals surface area contributed by atoms with Crippen LogP contribution in [-0.4, -0.2) is 4.98 Å². The Morgan fingerprint density at radius 2 is 1.24 bits per heavy atom. The number of oxazole rings is 1. The summed E-state index contributed by atoms with van der Waals surface area (Å²) in [5, 5.41) is 7.11. The number of para-hydroxylation sites is 1. The van der Waals surface area contributed by atoms with Crippen LogP contribution in [0.3, 0.4) is 0 Å². The van der Waals surface area contributed by atoms with Crippen LogP contribution >= 0.6 is 0 Å². The Balaban J connectivity index is 1.17. The summed E-state index contributed by atoms with van der Waals surface area (Å²) >= 11 is 0. The molecule has 1 aliphatic rings. The summed E-state index contributed by atoms with van der Waals surface area (Å²) in [6.07, 6.45) is 0. The summed E-state index contributed by atoms with van der Waals surface area (Å²) in [5.41, 5.74) is 11.9. The maximum atomic E-state index is 6.38. The number of hydrogen-bond acceptors (Lipinski definition) is 3. The number of aromatic nitrogens is 1. The number of hydrogen-bond donors (Lipinski definition) is 0. The molecule has 0 unspecified atom stereocenters. The molecule has 42 heavy (non-hydrogen) atoms. The highest BCUT2D eigenvalue weighted by molar-refractivity contribution is 6.26. The van der Waals surface area contributed by atoms with E-state index in [-0.39, 0.29) is 0 Å². The Morgan fingerprint density at radius 1 is 0.452 bits per heavy atom. The summed E-state index contributed by atoms with van der Waals surface area (Å²) in [6.45, 7) is 0. The maximum absolute atomic E-state index is 6.38. The lowest BCUT2D eigenvalue weighted by atomic mass is 9.93. The minimum atomic E-state index is 0.635. The van der Waals surface area contributed by atoms with Crippen LogP contribution in [0, 0.1) is 0 Å². The second-order valence-electron chi connectivity index (χ2n) is 11.1. The average Bonchev–Trinajstić information content (AvgIpc) is 3.74. The van der Waals surface area contributed by atoms with Crippen LogP contribution < -0.4 is 0 Å². The summed E-state index contributed by atoms with van der Waals surface area (Å²) in [6, 6.07) is 44.8. The first kappa shape index (κ1) is 22.1. The molecule has 9 aromatic rings. The molecule has 10 rings (SSSR count). The zero-order chi connectivity index (χ0) is 27.4. The zero-order valence-corrected chi connectivity index (χ0v) is 22.4. The van der Waals surface area contributed by atoms with Crippen molar-refractivity contribution in [3.63, 3.8) is 0 Å². The minimum Gasteiger partial charge on any atom is -0.456 e. The molecule has 0 N–H and O–H groups in total. The van der Waals surface area contributed by atoms with Crippen molar-refractivity contribution in [2.45, 2.75) is 0 Å². The summed E-state index contributed by atoms with van der Waals surface area (Å²) in [4.78, 5) is 4.87. The molecular formula is C39H21NO2. The lowest BCUT2D eigenvalue weighted by molar-refractivity contribution is 0.623. The monoisotopic (exact) mass is 535 g/mol. The Bertz CT molecular complexity index is 2580. The number of fused-ring (bicyclic) bond motifs is 10. The second kappa shape index (κ2) is 7.96. The molecule has 0 saturated heterocycles. The standard InChI is InChI=1S/C39H21NO2/c1-2-10-26-22(7-1)15-19-32-38(26)42-39(40-32)24-9-5-8-23(21-24)25-16-17-31-35-27(25)12-6-13-28(35)29-18-20-34-37(36(29)31)30-11-3-4-14-33(30)41-34/h1-21H. The van der Waals surface area contributed by atoms with E-state index in [9.17, 15) is 0 Å². The molecule has 0 fully saturated rings. The van der Waals surface area contributed by atoms with Crippen molar-refractivity contribution in [2.75, 3.05) is 0 Å². The molecule has 3 heteroatoms. The van der Waals surface area contributed by atoms with Crippen LogP contribution in [0.2, 0.25) is 0 Å². The summed E-state index contributed by atoms with van der Waals surface area (Å²) in [7, 11) is 0. The molecule has 2 heterocycles. The molecule has 0 amide bonds. The van der Waals surface area contributed by atoms with E-state index in [2.05, 4.69) is 103 Å². The quantitative estimate of drug-likeness (QED) is 0.221. The largest absolute Gasteiger partial charge is 0.456 e. The number of nitrogens with zero attached hydrogens (tertiary/aromatic N) is 1. The first-order valence-corrected chi connectivity index (χ1v) is 14.2. The van der Waals surface area contributed by atoms with Gasteiger partial charge in [0.15, 0.2) is 5.58 Å². The molecular weight excluding hydrogens is 514 g/mol. The summed E-state index contributed by atoms with van der Waals surface area (Å²) < 4.78 is 12.6. The normalized spacial score (nSPS) is 12.3. The zero-order valence-electron chi connectivity index (χ0n) is 22.4. The van der Waals surface area contributed by atoms with Gasteiger partial charge >= 0.3 is 0 Å². The fraction of sp³-hybridized carbons (Fsp3) is 0. The van der Waals surface area contributed by atoms with E-state index >= 15 is 0 Å². The molecule has 194 valence electrons. The van der Waals surface area contributed by atoms with Gasteiger partial charge in [0.05, 0.1) is 0 Å². The van der Waals surface area contributed by atoms with E-state index in [1.54, 1.807) is 0 Å². The van der Waals surface area contributed by atoms with Gasteiger partial charge in [-0.15, -0.1) is 0 Å². The van der Waals surface area contributed by atoms with Crippen molar-refractivity contribution in [2.24, 2.45) is 0 Å². The van der Waals surface area contributed by atoms with Gasteiger partial charge in [-0.05, 0) is 80.4 Å². The molecule has 1 aliphatic carbocycles. The molecule has 0 saturated carbocycles. The first-order valence-electron chi connectivity index (χ1n) is 14.2. The van der Waals surface area contributed by atoms with Crippen molar-refractivity contribution in [3.05, 3.63) is 127 Å². The van der Waals surface area contributed by atoms with E-state index in [0.29, 0.717) is 5.89 Å². The fourth-order valence-electron chi connectivity index (χ4n) is 7.01.